The molecule has 0 aromatic heterocycles. The minimum absolute atomic E-state index is 0.128. The van der Waals surface area contributed by atoms with Gasteiger partial charge < -0.3 is 14.2 Å². The summed E-state index contributed by atoms with van der Waals surface area (Å²) in [6.45, 7) is 6.36. The first-order valence-electron chi connectivity index (χ1n) is 27.7. The Kier molecular flexibility index (Phi) is 52.5. The molecule has 0 aliphatic carbocycles. The van der Waals surface area contributed by atoms with Gasteiger partial charge in [0.1, 0.15) is 13.2 Å². The van der Waals surface area contributed by atoms with Crippen LogP contribution in [0, 0.1) is 0 Å². The maximum atomic E-state index is 12.8. The van der Waals surface area contributed by atoms with Gasteiger partial charge in [-0.1, -0.05) is 212 Å². The number of esters is 3. The number of unbranched alkanes of at least 4 members (excludes halogenated alkanes) is 15. The second-order valence-electron chi connectivity index (χ2n) is 17.7. The van der Waals surface area contributed by atoms with E-state index < -0.39 is 12.1 Å². The fraction of sp³-hybridized carbons (Fsp3) is 0.603. The molecule has 0 aromatic rings. The van der Waals surface area contributed by atoms with Crippen LogP contribution in [0.3, 0.4) is 0 Å². The van der Waals surface area contributed by atoms with Crippen LogP contribution in [-0.4, -0.2) is 37.2 Å². The molecule has 388 valence electrons. The van der Waals surface area contributed by atoms with Crippen LogP contribution in [0.4, 0.5) is 0 Å². The van der Waals surface area contributed by atoms with E-state index >= 15 is 0 Å². The summed E-state index contributed by atoms with van der Waals surface area (Å²) in [5, 5.41) is 0. The number of hydrogen-bond donors (Lipinski definition) is 0. The molecule has 0 aliphatic heterocycles. The Morgan fingerprint density at radius 3 is 0.942 bits per heavy atom. The quantitative estimate of drug-likeness (QED) is 0.0262. The van der Waals surface area contributed by atoms with E-state index in [1.165, 1.54) is 51.4 Å². The maximum absolute atomic E-state index is 12.8. The molecule has 0 rings (SSSR count). The summed E-state index contributed by atoms with van der Waals surface area (Å²) in [6, 6.07) is 0. The van der Waals surface area contributed by atoms with E-state index in [0.29, 0.717) is 19.3 Å². The Bertz CT molecular complexity index is 1510. The first-order valence-corrected chi connectivity index (χ1v) is 27.7. The van der Waals surface area contributed by atoms with Crippen LogP contribution in [0.2, 0.25) is 0 Å². The molecule has 1 atom stereocenters. The molecule has 0 heterocycles. The zero-order valence-corrected chi connectivity index (χ0v) is 44.3. The SMILES string of the molecule is CC/C=C\C/C=C\C/C=C\C/C=C\CCCCCCC(=O)OC[C@H](COC(=O)CCCCCCC/C=C\C/C=C\CCCCC)OC(=O)CC/C=C\C/C=C\C/C=C\C/C=C\C/C=C\CCCCC. The van der Waals surface area contributed by atoms with Gasteiger partial charge in [-0.2, -0.15) is 0 Å². The molecular weight excluding hydrogens is 853 g/mol. The summed E-state index contributed by atoms with van der Waals surface area (Å²) in [5.41, 5.74) is 0. The third-order valence-electron chi connectivity index (χ3n) is 11.1. The standard InChI is InChI=1S/C63H100O6/c1-4-7-10-13-16-19-22-25-28-30-31-33-36-39-42-45-48-51-54-57-63(66)69-60(58-67-61(64)55-52-49-46-43-40-37-34-27-24-21-18-15-12-9-6-3)59-68-62(65)56-53-50-47-44-41-38-35-32-29-26-23-20-17-14-11-8-5-2/h8,11,16-21,25-29,31,33-35,38-39,42,48,51,60H,4-7,9-10,12-15,22-24,30,32,36-37,40-41,43-47,49-50,52-59H2,1-3H3/b11-8-,19-16-,20-17-,21-18-,28-25-,29-26-,33-31-,34-27-,38-35-,42-39-,51-48-/t60-/m0/s1. The van der Waals surface area contributed by atoms with Crippen LogP contribution in [-0.2, 0) is 28.6 Å². The van der Waals surface area contributed by atoms with Gasteiger partial charge in [0.25, 0.3) is 0 Å². The number of ether oxygens (including phenoxy) is 3. The molecule has 0 unspecified atom stereocenters. The minimum atomic E-state index is -0.839. The van der Waals surface area contributed by atoms with Crippen molar-refractivity contribution < 1.29 is 28.6 Å². The zero-order chi connectivity index (χ0) is 50.0. The molecule has 6 heteroatoms. The van der Waals surface area contributed by atoms with Crippen molar-refractivity contribution in [2.75, 3.05) is 13.2 Å². The van der Waals surface area contributed by atoms with Gasteiger partial charge >= 0.3 is 17.9 Å². The molecule has 0 N–H and O–H groups in total. The van der Waals surface area contributed by atoms with E-state index in [1.54, 1.807) is 0 Å². The van der Waals surface area contributed by atoms with Crippen LogP contribution in [0.15, 0.2) is 134 Å². The third kappa shape index (κ3) is 54.4. The average Bonchev–Trinajstić information content (AvgIpc) is 3.35. The van der Waals surface area contributed by atoms with Crippen molar-refractivity contribution >= 4 is 17.9 Å². The second-order valence-corrected chi connectivity index (χ2v) is 17.7. The molecule has 69 heavy (non-hydrogen) atoms. The fourth-order valence-electron chi connectivity index (χ4n) is 6.97. The summed E-state index contributed by atoms with van der Waals surface area (Å²) in [7, 11) is 0. The van der Waals surface area contributed by atoms with Crippen molar-refractivity contribution in [2.24, 2.45) is 0 Å². The van der Waals surface area contributed by atoms with Gasteiger partial charge in [0.15, 0.2) is 6.10 Å². The maximum Gasteiger partial charge on any atom is 0.306 e. The van der Waals surface area contributed by atoms with Crippen LogP contribution in [0.5, 0.6) is 0 Å². The summed E-state index contributed by atoms with van der Waals surface area (Å²) in [5.74, 6) is -1.05. The number of carbonyl (C=O) groups is 3. The predicted octanol–water partition coefficient (Wildman–Crippen LogP) is 18.6. The van der Waals surface area contributed by atoms with Crippen LogP contribution in [0.25, 0.3) is 0 Å². The fourth-order valence-corrected chi connectivity index (χ4v) is 6.97. The van der Waals surface area contributed by atoms with Crippen molar-refractivity contribution in [3.63, 3.8) is 0 Å². The van der Waals surface area contributed by atoms with Crippen LogP contribution < -0.4 is 0 Å². The monoisotopic (exact) mass is 953 g/mol. The number of carbonyl (C=O) groups excluding carboxylic acids is 3. The van der Waals surface area contributed by atoms with Crippen LogP contribution >= 0.6 is 0 Å². The molecule has 0 saturated heterocycles. The van der Waals surface area contributed by atoms with E-state index in [2.05, 4.69) is 142 Å². The molecule has 0 radical (unpaired) electrons. The van der Waals surface area contributed by atoms with Crippen molar-refractivity contribution in [3.8, 4) is 0 Å². The van der Waals surface area contributed by atoms with E-state index in [0.717, 1.165) is 128 Å². The number of rotatable bonds is 48. The molecule has 0 aliphatic rings. The minimum Gasteiger partial charge on any atom is -0.462 e. The highest BCUT2D eigenvalue weighted by Crippen LogP contribution is 2.12. The lowest BCUT2D eigenvalue weighted by atomic mass is 10.1. The van der Waals surface area contributed by atoms with Crippen molar-refractivity contribution in [2.45, 2.75) is 232 Å². The van der Waals surface area contributed by atoms with E-state index in [-0.39, 0.29) is 31.6 Å². The molecular formula is C63H100O6. The van der Waals surface area contributed by atoms with Gasteiger partial charge in [0, 0.05) is 19.3 Å². The Balaban J connectivity index is 4.60. The van der Waals surface area contributed by atoms with E-state index in [9.17, 15) is 14.4 Å². The van der Waals surface area contributed by atoms with E-state index in [1.807, 2.05) is 12.2 Å². The Hall–Kier alpha value is -4.45. The molecule has 0 fully saturated rings. The lowest BCUT2D eigenvalue weighted by molar-refractivity contribution is -0.166. The Morgan fingerprint density at radius 1 is 0.304 bits per heavy atom. The predicted molar refractivity (Wildman–Crippen MR) is 297 cm³/mol. The number of hydrogen-bond acceptors (Lipinski definition) is 6. The molecule has 6 nitrogen and oxygen atoms in total. The normalized spacial score (nSPS) is 13.1. The second kappa shape index (κ2) is 56.1. The van der Waals surface area contributed by atoms with Crippen molar-refractivity contribution in [1.82, 2.24) is 0 Å². The Labute approximate surface area is 424 Å². The van der Waals surface area contributed by atoms with Crippen LogP contribution in [0.1, 0.15) is 226 Å². The molecule has 0 amide bonds. The smallest absolute Gasteiger partial charge is 0.306 e. The zero-order valence-electron chi connectivity index (χ0n) is 44.3. The van der Waals surface area contributed by atoms with Gasteiger partial charge in [-0.25, -0.2) is 0 Å². The summed E-state index contributed by atoms with van der Waals surface area (Å²) < 4.78 is 16.7. The number of allylic oxidation sites excluding steroid dienone is 22. The third-order valence-corrected chi connectivity index (χ3v) is 11.1. The summed E-state index contributed by atoms with van der Waals surface area (Å²) in [4.78, 5) is 38.1. The first-order chi connectivity index (χ1) is 34.0. The highest BCUT2D eigenvalue weighted by molar-refractivity contribution is 5.71. The van der Waals surface area contributed by atoms with E-state index in [4.69, 9.17) is 14.2 Å². The largest absolute Gasteiger partial charge is 0.462 e. The van der Waals surface area contributed by atoms with Gasteiger partial charge in [0.2, 0.25) is 0 Å². The lowest BCUT2D eigenvalue weighted by Crippen LogP contribution is -2.30. The summed E-state index contributed by atoms with van der Waals surface area (Å²) >= 11 is 0. The highest BCUT2D eigenvalue weighted by Gasteiger charge is 2.19. The molecule has 0 aromatic carbocycles. The highest BCUT2D eigenvalue weighted by atomic mass is 16.6. The topological polar surface area (TPSA) is 78.9 Å². The molecule has 0 bridgehead atoms. The van der Waals surface area contributed by atoms with Gasteiger partial charge in [-0.3, -0.25) is 14.4 Å². The molecule has 0 saturated carbocycles. The first kappa shape index (κ1) is 64.5. The van der Waals surface area contributed by atoms with Crippen molar-refractivity contribution in [3.05, 3.63) is 134 Å². The van der Waals surface area contributed by atoms with Crippen molar-refractivity contribution in [1.29, 1.82) is 0 Å². The van der Waals surface area contributed by atoms with Gasteiger partial charge in [-0.15, -0.1) is 0 Å². The summed E-state index contributed by atoms with van der Waals surface area (Å²) in [6.07, 6.45) is 78.7. The Morgan fingerprint density at radius 2 is 0.594 bits per heavy atom. The van der Waals surface area contributed by atoms with Gasteiger partial charge in [0.05, 0.1) is 0 Å². The average molecular weight is 953 g/mol. The lowest BCUT2D eigenvalue weighted by Gasteiger charge is -2.18. The molecule has 0 spiro atoms. The van der Waals surface area contributed by atoms with Gasteiger partial charge in [-0.05, 0) is 128 Å².